The van der Waals surface area contributed by atoms with Crippen LogP contribution in [-0.2, 0) is 30.7 Å². The summed E-state index contributed by atoms with van der Waals surface area (Å²) in [4.78, 5) is 21.1. The average molecular weight is 714 g/mol. The minimum absolute atomic E-state index is 0.0474. The Kier molecular flexibility index (Phi) is 13.0. The van der Waals surface area contributed by atoms with Crippen molar-refractivity contribution in [1.29, 1.82) is 0 Å². The molecule has 0 atom stereocenters. The number of aromatic nitrogens is 2. The zero-order chi connectivity index (χ0) is 35.9. The molecular weight excluding hydrogens is 664 g/mol. The summed E-state index contributed by atoms with van der Waals surface area (Å²) < 4.78 is 50.1. The maximum absolute atomic E-state index is 14.0. The highest BCUT2D eigenvalue weighted by atomic mass is 32.2. The molecule has 0 radical (unpaired) electrons. The van der Waals surface area contributed by atoms with Gasteiger partial charge < -0.3 is 19.9 Å². The minimum Gasteiger partial charge on any atom is -0.381 e. The third kappa shape index (κ3) is 10.6. The number of rotatable bonds is 16. The predicted octanol–water partition coefficient (Wildman–Crippen LogP) is 9.88. The lowest BCUT2D eigenvalue weighted by atomic mass is 10.0. The summed E-state index contributed by atoms with van der Waals surface area (Å²) in [5, 5.41) is 7.72. The van der Waals surface area contributed by atoms with Gasteiger partial charge in [0.1, 0.15) is 12.4 Å². The highest BCUT2D eigenvalue weighted by molar-refractivity contribution is 8.00. The number of anilines is 2. The van der Waals surface area contributed by atoms with Gasteiger partial charge in [0.05, 0.1) is 5.56 Å². The number of amides is 1. The van der Waals surface area contributed by atoms with E-state index in [-0.39, 0.29) is 17.7 Å². The predicted molar refractivity (Wildman–Crippen MR) is 199 cm³/mol. The first-order valence-corrected chi connectivity index (χ1v) is 21.5. The largest absolute Gasteiger partial charge is 0.416 e. The molecule has 1 amide bonds. The summed E-state index contributed by atoms with van der Waals surface area (Å²) >= 11 is 1.79. The number of carbonyl (C=O) groups is 1. The van der Waals surface area contributed by atoms with Crippen molar-refractivity contribution in [2.75, 3.05) is 30.3 Å². The fraction of sp³-hybridized carbons (Fsp3) is 0.459. The quantitative estimate of drug-likeness (QED) is 0.0685. The number of alkyl halides is 3. The maximum atomic E-state index is 14.0. The Morgan fingerprint density at radius 1 is 1.06 bits per heavy atom. The van der Waals surface area contributed by atoms with Crippen molar-refractivity contribution < 1.29 is 22.7 Å². The number of benzene rings is 2. The first-order chi connectivity index (χ1) is 23.1. The van der Waals surface area contributed by atoms with E-state index in [1.807, 2.05) is 54.8 Å². The number of nitrogens with one attached hydrogen (secondary N) is 2. The molecule has 0 fully saturated rings. The van der Waals surface area contributed by atoms with Crippen LogP contribution >= 0.6 is 11.8 Å². The average Bonchev–Trinajstić information content (AvgIpc) is 3.45. The van der Waals surface area contributed by atoms with Crippen LogP contribution < -0.4 is 10.6 Å². The lowest BCUT2D eigenvalue weighted by Gasteiger charge is -2.21. The fourth-order valence-corrected chi connectivity index (χ4v) is 7.18. The number of hydrogen-bond donors (Lipinski definition) is 2. The summed E-state index contributed by atoms with van der Waals surface area (Å²) in [6.07, 6.45) is -0.643. The van der Waals surface area contributed by atoms with E-state index in [1.165, 1.54) is 12.1 Å². The highest BCUT2D eigenvalue weighted by Gasteiger charge is 2.34. The van der Waals surface area contributed by atoms with Gasteiger partial charge >= 0.3 is 6.18 Å². The molecule has 2 aromatic heterocycles. The van der Waals surface area contributed by atoms with E-state index in [0.29, 0.717) is 37.3 Å². The molecule has 0 spiro atoms. The summed E-state index contributed by atoms with van der Waals surface area (Å²) in [5.41, 5.74) is 3.49. The minimum atomic E-state index is -4.58. The molecule has 0 aliphatic carbocycles. The molecule has 12 heteroatoms. The molecular formula is C37H50F3N5O2SSi. The Labute approximate surface area is 294 Å². The molecule has 0 saturated carbocycles. The Morgan fingerprint density at radius 3 is 2.45 bits per heavy atom. The number of hydrogen-bond acceptors (Lipinski definition) is 6. The second kappa shape index (κ2) is 16.6. The molecule has 49 heavy (non-hydrogen) atoms. The Bertz CT molecular complexity index is 1730. The number of aryl methyl sites for hydroxylation is 1. The van der Waals surface area contributed by atoms with Crippen LogP contribution in [0.4, 0.5) is 24.5 Å². The first-order valence-electron chi connectivity index (χ1n) is 16.9. The van der Waals surface area contributed by atoms with Gasteiger partial charge in [-0.05, 0) is 67.5 Å². The van der Waals surface area contributed by atoms with E-state index in [9.17, 15) is 18.0 Å². The summed E-state index contributed by atoms with van der Waals surface area (Å²) in [6, 6.07) is 12.5. The van der Waals surface area contributed by atoms with Crippen LogP contribution in [0.5, 0.6) is 0 Å². The van der Waals surface area contributed by atoms with Gasteiger partial charge in [0.2, 0.25) is 0 Å². The van der Waals surface area contributed by atoms with E-state index < -0.39 is 25.7 Å². The number of pyridine rings is 1. The van der Waals surface area contributed by atoms with Crippen molar-refractivity contribution in [3.8, 4) is 0 Å². The number of halogens is 3. The van der Waals surface area contributed by atoms with E-state index in [2.05, 4.69) is 50.2 Å². The van der Waals surface area contributed by atoms with Gasteiger partial charge in [0.15, 0.2) is 0 Å². The SMILES string of the molecule is CCN(CC)Cc1ccc(C(=O)Nc2ccc(C)c(NCc3cnc4c(ccn4COCC[Si](C)(C)C)c3SC(C)C)c2)cc1C(F)(F)F. The molecule has 2 N–H and O–H groups in total. The normalized spacial score (nSPS) is 12.3. The number of carbonyl (C=O) groups excluding carboxylic acids is 1. The van der Waals surface area contributed by atoms with Gasteiger partial charge in [-0.25, -0.2) is 4.98 Å². The number of ether oxygens (including phenoxy) is 1. The topological polar surface area (TPSA) is 71.4 Å². The van der Waals surface area contributed by atoms with Crippen LogP contribution in [0.15, 0.2) is 59.8 Å². The molecule has 2 heterocycles. The molecule has 0 aliphatic heterocycles. The van der Waals surface area contributed by atoms with Crippen LogP contribution in [0.25, 0.3) is 11.0 Å². The second-order valence-electron chi connectivity index (χ2n) is 13.8. The van der Waals surface area contributed by atoms with Crippen molar-refractivity contribution in [2.45, 2.75) is 96.4 Å². The van der Waals surface area contributed by atoms with Crippen LogP contribution in [0.3, 0.4) is 0 Å². The number of fused-ring (bicyclic) bond motifs is 1. The van der Waals surface area contributed by atoms with E-state index in [1.54, 1.807) is 17.8 Å². The molecule has 4 aromatic rings. The van der Waals surface area contributed by atoms with Crippen molar-refractivity contribution in [3.05, 3.63) is 82.7 Å². The van der Waals surface area contributed by atoms with Crippen LogP contribution in [0.2, 0.25) is 25.7 Å². The van der Waals surface area contributed by atoms with Gasteiger partial charge in [0, 0.05) is 78.2 Å². The molecule has 2 aromatic carbocycles. The van der Waals surface area contributed by atoms with E-state index in [4.69, 9.17) is 9.72 Å². The first kappa shape index (κ1) is 38.5. The highest BCUT2D eigenvalue weighted by Crippen LogP contribution is 2.36. The zero-order valence-corrected chi connectivity index (χ0v) is 31.7. The Hall–Kier alpha value is -3.32. The standard InChI is InChI=1S/C37H50F3N5O2SSi/c1-9-44(10-2)23-28-13-12-27(19-32(28)37(38,39)40)36(46)43-30-14-11-26(5)33(20-30)41-21-29-22-42-35-31(34(29)48-25(3)4)15-16-45(35)24-47-17-18-49(6,7)8/h11-16,19-20,22,25,41H,9-10,17-18,21,23-24H2,1-8H3,(H,43,46). The Morgan fingerprint density at radius 2 is 1.80 bits per heavy atom. The summed E-state index contributed by atoms with van der Waals surface area (Å²) in [7, 11) is -1.17. The molecule has 266 valence electrons. The summed E-state index contributed by atoms with van der Waals surface area (Å²) in [6.45, 7) is 20.2. The molecule has 0 saturated heterocycles. The van der Waals surface area contributed by atoms with Gasteiger partial charge in [0.25, 0.3) is 5.91 Å². The third-order valence-corrected chi connectivity index (χ3v) is 11.2. The molecule has 0 bridgehead atoms. The Balaban J connectivity index is 1.51. The second-order valence-corrected chi connectivity index (χ2v) is 21.0. The maximum Gasteiger partial charge on any atom is 0.416 e. The van der Waals surface area contributed by atoms with E-state index in [0.717, 1.165) is 51.5 Å². The smallest absolute Gasteiger partial charge is 0.381 e. The molecule has 0 aliphatic rings. The van der Waals surface area contributed by atoms with Crippen molar-refractivity contribution in [3.63, 3.8) is 0 Å². The molecule has 0 unspecified atom stereocenters. The van der Waals surface area contributed by atoms with Crippen molar-refractivity contribution in [1.82, 2.24) is 14.5 Å². The van der Waals surface area contributed by atoms with E-state index >= 15 is 0 Å². The van der Waals surface area contributed by atoms with Gasteiger partial charge in [-0.15, -0.1) is 11.8 Å². The van der Waals surface area contributed by atoms with Crippen molar-refractivity contribution >= 4 is 48.2 Å². The van der Waals surface area contributed by atoms with Crippen LogP contribution in [0, 0.1) is 6.92 Å². The fourth-order valence-electron chi connectivity index (χ4n) is 5.39. The van der Waals surface area contributed by atoms with Crippen molar-refractivity contribution in [2.24, 2.45) is 0 Å². The van der Waals surface area contributed by atoms with Crippen LogP contribution in [0.1, 0.15) is 60.3 Å². The summed E-state index contributed by atoms with van der Waals surface area (Å²) in [5.74, 6) is -0.603. The van der Waals surface area contributed by atoms with Gasteiger partial charge in [-0.3, -0.25) is 9.69 Å². The lowest BCUT2D eigenvalue weighted by molar-refractivity contribution is -0.138. The zero-order valence-electron chi connectivity index (χ0n) is 29.9. The molecule has 4 rings (SSSR count). The number of nitrogens with zero attached hydrogens (tertiary/aromatic N) is 3. The molecule has 7 nitrogen and oxygen atoms in total. The lowest BCUT2D eigenvalue weighted by Crippen LogP contribution is -2.24. The van der Waals surface area contributed by atoms with Crippen LogP contribution in [-0.4, -0.2) is 53.4 Å². The monoisotopic (exact) mass is 713 g/mol. The number of thioether (sulfide) groups is 1. The third-order valence-electron chi connectivity index (χ3n) is 8.32. The van der Waals surface area contributed by atoms with Gasteiger partial charge in [-0.1, -0.05) is 59.5 Å². The van der Waals surface area contributed by atoms with Gasteiger partial charge in [-0.2, -0.15) is 13.2 Å².